The first-order chi connectivity index (χ1) is 18.8. The largest absolute Gasteiger partial charge is 0.503 e. The summed E-state index contributed by atoms with van der Waals surface area (Å²) in [6.45, 7) is 4.06. The number of esters is 1. The number of hydrogen-bond acceptors (Lipinski definition) is 6. The number of halogens is 2. The summed E-state index contributed by atoms with van der Waals surface area (Å²) in [4.78, 5) is 27.7. The van der Waals surface area contributed by atoms with Crippen molar-refractivity contribution in [2.24, 2.45) is 0 Å². The Morgan fingerprint density at radius 2 is 1.82 bits per heavy atom. The van der Waals surface area contributed by atoms with Crippen LogP contribution in [0, 0.1) is 0 Å². The van der Waals surface area contributed by atoms with E-state index in [4.69, 9.17) is 21.1 Å². The summed E-state index contributed by atoms with van der Waals surface area (Å²) in [6, 6.07) is 11.1. The number of phenolic OH excluding ortho intramolecular Hbond substituents is 1. The molecule has 0 saturated heterocycles. The highest BCUT2D eigenvalue weighted by Crippen LogP contribution is 2.48. The fourth-order valence-electron chi connectivity index (χ4n) is 6.04. The molecule has 39 heavy (non-hydrogen) atoms. The number of Topliss-reactive ketones (excluding diaryl/α,β-unsaturated/α-hetero) is 1. The molecule has 1 fully saturated rings. The molecule has 8 heteroatoms. The molecule has 0 unspecified atom stereocenters. The maximum Gasteiger partial charge on any atom is 0.337 e. The van der Waals surface area contributed by atoms with Crippen molar-refractivity contribution in [3.63, 3.8) is 0 Å². The Bertz CT molecular complexity index is 1340. The summed E-state index contributed by atoms with van der Waals surface area (Å²) in [6.07, 6.45) is 5.76. The zero-order valence-electron chi connectivity index (χ0n) is 22.2. The summed E-state index contributed by atoms with van der Waals surface area (Å²) >= 11 is 9.54. The third kappa shape index (κ3) is 5.75. The van der Waals surface area contributed by atoms with E-state index in [9.17, 15) is 14.7 Å². The van der Waals surface area contributed by atoms with Crippen LogP contribution in [-0.2, 0) is 14.3 Å². The van der Waals surface area contributed by atoms with Gasteiger partial charge in [-0.25, -0.2) is 4.79 Å². The smallest absolute Gasteiger partial charge is 0.337 e. The highest BCUT2D eigenvalue weighted by atomic mass is 79.9. The Hall–Kier alpha value is -2.77. The predicted molar refractivity (Wildman–Crippen MR) is 154 cm³/mol. The minimum absolute atomic E-state index is 0.00394. The van der Waals surface area contributed by atoms with Gasteiger partial charge in [0.15, 0.2) is 17.3 Å². The van der Waals surface area contributed by atoms with E-state index in [0.29, 0.717) is 57.1 Å². The number of phenols is 1. The fraction of sp³-hybridized carbons (Fsp3) is 0.419. The van der Waals surface area contributed by atoms with Crippen LogP contribution in [0.3, 0.4) is 0 Å². The molecule has 2 aromatic rings. The number of carbonyl (C=O) groups excluding carboxylic acids is 2. The predicted octanol–water partition coefficient (Wildman–Crippen LogP) is 7.44. The minimum Gasteiger partial charge on any atom is -0.503 e. The molecule has 206 valence electrons. The topological polar surface area (TPSA) is 84.9 Å². The maximum absolute atomic E-state index is 13.9. The number of ether oxygens (including phenoxy) is 2. The summed E-state index contributed by atoms with van der Waals surface area (Å²) in [5, 5.41) is 14.6. The SMILES string of the molecule is CCOc1cc([C@H]2C(C(=O)OC3CCCCC3)=C(C)NC3=C2C(=O)C[C@@H](c2ccc(Cl)cc2)C3)cc(Br)c1O. The van der Waals surface area contributed by atoms with Gasteiger partial charge in [-0.15, -0.1) is 0 Å². The molecule has 2 N–H and O–H groups in total. The lowest BCUT2D eigenvalue weighted by Crippen LogP contribution is -2.37. The monoisotopic (exact) mass is 613 g/mol. The Balaban J connectivity index is 1.58. The van der Waals surface area contributed by atoms with Crippen LogP contribution in [0.2, 0.25) is 5.02 Å². The van der Waals surface area contributed by atoms with Crippen molar-refractivity contribution in [1.29, 1.82) is 0 Å². The van der Waals surface area contributed by atoms with Gasteiger partial charge >= 0.3 is 5.97 Å². The van der Waals surface area contributed by atoms with Crippen LogP contribution >= 0.6 is 27.5 Å². The Morgan fingerprint density at radius 3 is 2.51 bits per heavy atom. The molecule has 1 heterocycles. The van der Waals surface area contributed by atoms with Crippen molar-refractivity contribution >= 4 is 39.3 Å². The van der Waals surface area contributed by atoms with Crippen LogP contribution in [0.1, 0.15) is 81.8 Å². The van der Waals surface area contributed by atoms with Gasteiger partial charge in [0.1, 0.15) is 6.10 Å². The Morgan fingerprint density at radius 1 is 1.10 bits per heavy atom. The van der Waals surface area contributed by atoms with Crippen molar-refractivity contribution in [2.75, 3.05) is 6.61 Å². The first kappa shape index (κ1) is 27.8. The summed E-state index contributed by atoms with van der Waals surface area (Å²) in [5.41, 5.74) is 4.22. The maximum atomic E-state index is 13.9. The van der Waals surface area contributed by atoms with E-state index in [1.54, 1.807) is 12.1 Å². The lowest BCUT2D eigenvalue weighted by Gasteiger charge is -2.37. The lowest BCUT2D eigenvalue weighted by molar-refractivity contribution is -0.146. The molecule has 0 spiro atoms. The molecule has 5 rings (SSSR count). The summed E-state index contributed by atoms with van der Waals surface area (Å²) in [7, 11) is 0. The van der Waals surface area contributed by atoms with Crippen molar-refractivity contribution < 1.29 is 24.2 Å². The van der Waals surface area contributed by atoms with E-state index < -0.39 is 11.9 Å². The van der Waals surface area contributed by atoms with E-state index in [1.165, 1.54) is 0 Å². The molecule has 2 atom stereocenters. The van der Waals surface area contributed by atoms with E-state index in [1.807, 2.05) is 38.1 Å². The number of ketones is 1. The number of rotatable bonds is 6. The van der Waals surface area contributed by atoms with Crippen molar-refractivity contribution in [3.05, 3.63) is 79.6 Å². The van der Waals surface area contributed by atoms with E-state index in [0.717, 1.165) is 43.4 Å². The molecule has 6 nitrogen and oxygen atoms in total. The molecule has 0 radical (unpaired) electrons. The third-order valence-corrected chi connectivity index (χ3v) is 8.76. The zero-order chi connectivity index (χ0) is 27.7. The number of aromatic hydroxyl groups is 1. The van der Waals surface area contributed by atoms with Gasteiger partial charge < -0.3 is 19.9 Å². The molecule has 2 aromatic carbocycles. The average Bonchev–Trinajstić information content (AvgIpc) is 2.91. The Labute approximate surface area is 242 Å². The van der Waals surface area contributed by atoms with Gasteiger partial charge in [-0.3, -0.25) is 4.79 Å². The highest BCUT2D eigenvalue weighted by Gasteiger charge is 2.42. The molecular weight excluding hydrogens is 582 g/mol. The van der Waals surface area contributed by atoms with E-state index >= 15 is 0 Å². The number of allylic oxidation sites excluding steroid dienone is 3. The average molecular weight is 615 g/mol. The molecule has 0 amide bonds. The van der Waals surface area contributed by atoms with Crippen LogP contribution < -0.4 is 10.1 Å². The Kier molecular flexibility index (Phi) is 8.38. The number of nitrogens with one attached hydrogen (secondary N) is 1. The third-order valence-electron chi connectivity index (χ3n) is 7.90. The van der Waals surface area contributed by atoms with E-state index in [-0.39, 0.29) is 23.6 Å². The molecule has 2 aliphatic carbocycles. The lowest BCUT2D eigenvalue weighted by atomic mass is 9.71. The van der Waals surface area contributed by atoms with Gasteiger partial charge in [-0.1, -0.05) is 30.2 Å². The highest BCUT2D eigenvalue weighted by molar-refractivity contribution is 9.10. The van der Waals surface area contributed by atoms with Crippen LogP contribution in [-0.4, -0.2) is 29.6 Å². The van der Waals surface area contributed by atoms with Crippen LogP contribution in [0.5, 0.6) is 11.5 Å². The summed E-state index contributed by atoms with van der Waals surface area (Å²) < 4.78 is 12.2. The second-order valence-electron chi connectivity index (χ2n) is 10.5. The second-order valence-corrected chi connectivity index (χ2v) is 11.8. The van der Waals surface area contributed by atoms with Crippen LogP contribution in [0.25, 0.3) is 0 Å². The zero-order valence-corrected chi connectivity index (χ0v) is 24.5. The van der Waals surface area contributed by atoms with E-state index in [2.05, 4.69) is 21.2 Å². The molecule has 0 aromatic heterocycles. The molecule has 1 saturated carbocycles. The molecule has 3 aliphatic rings. The van der Waals surface area contributed by atoms with Gasteiger partial charge in [0.2, 0.25) is 0 Å². The van der Waals surface area contributed by atoms with Gasteiger partial charge in [0, 0.05) is 34.3 Å². The van der Waals surface area contributed by atoms with Crippen molar-refractivity contribution in [2.45, 2.75) is 76.7 Å². The van der Waals surface area contributed by atoms with Crippen molar-refractivity contribution in [1.82, 2.24) is 5.32 Å². The molecule has 1 aliphatic heterocycles. The van der Waals surface area contributed by atoms with Crippen LogP contribution in [0.15, 0.2) is 63.4 Å². The van der Waals surface area contributed by atoms with Gasteiger partial charge in [-0.05, 0) is 103 Å². The quantitative estimate of drug-likeness (QED) is 0.329. The first-order valence-corrected chi connectivity index (χ1v) is 14.8. The van der Waals surface area contributed by atoms with Gasteiger partial charge in [0.25, 0.3) is 0 Å². The number of hydrogen-bond donors (Lipinski definition) is 2. The van der Waals surface area contributed by atoms with Crippen molar-refractivity contribution in [3.8, 4) is 11.5 Å². The number of dihydropyridines is 1. The first-order valence-electron chi connectivity index (χ1n) is 13.6. The normalized spacial score (nSPS) is 21.9. The van der Waals surface area contributed by atoms with Gasteiger partial charge in [-0.2, -0.15) is 0 Å². The summed E-state index contributed by atoms with van der Waals surface area (Å²) in [5.74, 6) is -0.802. The number of carbonyl (C=O) groups is 2. The molecule has 0 bridgehead atoms. The van der Waals surface area contributed by atoms with Crippen LogP contribution in [0.4, 0.5) is 0 Å². The van der Waals surface area contributed by atoms with Gasteiger partial charge in [0.05, 0.1) is 16.7 Å². The molecular formula is C31H33BrClNO5. The standard InChI is InChI=1S/C31H33BrClNO5/c1-3-38-26-16-20(13-23(32)30(26)36)28-27(31(37)39-22-7-5-4-6-8-22)17(2)34-24-14-19(15-25(35)29(24)28)18-9-11-21(33)12-10-18/h9-13,16,19,22,28,34,36H,3-8,14-15H2,1-2H3/t19-,28-/m0/s1. The second kappa shape index (κ2) is 11.8. The number of benzene rings is 2. The minimum atomic E-state index is -0.646. The fourth-order valence-corrected chi connectivity index (χ4v) is 6.62.